The zero-order chi connectivity index (χ0) is 11.7. The average Bonchev–Trinajstić information content (AvgIpc) is 2.57. The van der Waals surface area contributed by atoms with Crippen molar-refractivity contribution in [3.63, 3.8) is 0 Å². The summed E-state index contributed by atoms with van der Waals surface area (Å²) >= 11 is 0. The third-order valence-corrected chi connectivity index (χ3v) is 4.14. The van der Waals surface area contributed by atoms with Crippen LogP contribution in [0.25, 0.3) is 0 Å². The van der Waals surface area contributed by atoms with Gasteiger partial charge in [0.15, 0.2) is 0 Å². The molecule has 0 aromatic carbocycles. The lowest BCUT2D eigenvalue weighted by molar-refractivity contribution is 0.408. The summed E-state index contributed by atoms with van der Waals surface area (Å²) in [5.74, 6) is 0.916. The SMILES string of the molecule is Nc1c2c(nn1C1CCCCCC1)CCNC2. The molecular weight excluding hydrogens is 212 g/mol. The first kappa shape index (κ1) is 11.1. The van der Waals surface area contributed by atoms with E-state index in [1.54, 1.807) is 0 Å². The van der Waals surface area contributed by atoms with E-state index in [1.807, 2.05) is 0 Å². The Morgan fingerprint density at radius 1 is 1.18 bits per heavy atom. The van der Waals surface area contributed by atoms with Crippen molar-refractivity contribution in [1.82, 2.24) is 15.1 Å². The first-order valence-corrected chi connectivity index (χ1v) is 6.92. The molecule has 94 valence electrons. The molecular formula is C13H22N4. The highest BCUT2D eigenvalue weighted by molar-refractivity contribution is 5.45. The van der Waals surface area contributed by atoms with Crippen molar-refractivity contribution in [2.75, 3.05) is 12.3 Å². The van der Waals surface area contributed by atoms with Gasteiger partial charge in [-0.05, 0) is 12.8 Å². The maximum Gasteiger partial charge on any atom is 0.126 e. The maximum atomic E-state index is 6.27. The van der Waals surface area contributed by atoms with E-state index in [0.717, 1.165) is 25.3 Å². The largest absolute Gasteiger partial charge is 0.384 e. The van der Waals surface area contributed by atoms with Crippen molar-refractivity contribution in [1.29, 1.82) is 0 Å². The highest BCUT2D eigenvalue weighted by Crippen LogP contribution is 2.31. The van der Waals surface area contributed by atoms with Gasteiger partial charge in [-0.25, -0.2) is 4.68 Å². The molecule has 17 heavy (non-hydrogen) atoms. The molecule has 0 atom stereocenters. The van der Waals surface area contributed by atoms with Crippen LogP contribution in [0, 0.1) is 0 Å². The maximum absolute atomic E-state index is 6.27. The standard InChI is InChI=1S/C13H22N4/c14-13-11-9-15-8-7-12(11)16-17(13)10-5-3-1-2-4-6-10/h10,15H,1-9,14H2. The highest BCUT2D eigenvalue weighted by atomic mass is 15.3. The van der Waals surface area contributed by atoms with Crippen molar-refractivity contribution in [2.24, 2.45) is 0 Å². The number of nitrogens with one attached hydrogen (secondary N) is 1. The Labute approximate surface area is 103 Å². The van der Waals surface area contributed by atoms with E-state index in [-0.39, 0.29) is 0 Å². The molecule has 1 fully saturated rings. The normalized spacial score (nSPS) is 22.1. The van der Waals surface area contributed by atoms with Gasteiger partial charge in [-0.1, -0.05) is 25.7 Å². The van der Waals surface area contributed by atoms with Crippen molar-refractivity contribution in [3.8, 4) is 0 Å². The smallest absolute Gasteiger partial charge is 0.126 e. The van der Waals surface area contributed by atoms with E-state index in [9.17, 15) is 0 Å². The number of fused-ring (bicyclic) bond motifs is 1. The monoisotopic (exact) mass is 234 g/mol. The number of aromatic nitrogens is 2. The number of nitrogen functional groups attached to an aromatic ring is 1. The topological polar surface area (TPSA) is 55.9 Å². The van der Waals surface area contributed by atoms with Gasteiger partial charge in [0, 0.05) is 25.1 Å². The second kappa shape index (κ2) is 4.69. The predicted molar refractivity (Wildman–Crippen MR) is 68.8 cm³/mol. The molecule has 0 bridgehead atoms. The first-order chi connectivity index (χ1) is 8.36. The Kier molecular flexibility index (Phi) is 3.05. The molecule has 1 aliphatic carbocycles. The van der Waals surface area contributed by atoms with Gasteiger partial charge in [0.05, 0.1) is 11.7 Å². The minimum atomic E-state index is 0.545. The predicted octanol–water partition coefficient (Wildman–Crippen LogP) is 2.01. The van der Waals surface area contributed by atoms with Crippen LogP contribution in [0.3, 0.4) is 0 Å². The van der Waals surface area contributed by atoms with E-state index >= 15 is 0 Å². The van der Waals surface area contributed by atoms with Gasteiger partial charge in [0.25, 0.3) is 0 Å². The van der Waals surface area contributed by atoms with Crippen LogP contribution in [-0.2, 0) is 13.0 Å². The molecule has 1 saturated carbocycles. The lowest BCUT2D eigenvalue weighted by Crippen LogP contribution is -2.23. The molecule has 1 aromatic heterocycles. The van der Waals surface area contributed by atoms with Gasteiger partial charge in [0.2, 0.25) is 0 Å². The summed E-state index contributed by atoms with van der Waals surface area (Å²) in [5, 5.41) is 8.14. The van der Waals surface area contributed by atoms with Crippen LogP contribution in [0.2, 0.25) is 0 Å². The van der Waals surface area contributed by atoms with Gasteiger partial charge in [-0.15, -0.1) is 0 Å². The van der Waals surface area contributed by atoms with Gasteiger partial charge >= 0.3 is 0 Å². The molecule has 3 rings (SSSR count). The Balaban J connectivity index is 1.88. The molecule has 0 amide bonds. The van der Waals surface area contributed by atoms with Crippen LogP contribution in [0.4, 0.5) is 5.82 Å². The summed E-state index contributed by atoms with van der Waals surface area (Å²) in [7, 11) is 0. The van der Waals surface area contributed by atoms with Crippen LogP contribution in [0.15, 0.2) is 0 Å². The van der Waals surface area contributed by atoms with E-state index in [0.29, 0.717) is 6.04 Å². The van der Waals surface area contributed by atoms with E-state index in [1.165, 1.54) is 49.8 Å². The number of nitrogens with two attached hydrogens (primary N) is 1. The lowest BCUT2D eigenvalue weighted by atomic mass is 10.1. The zero-order valence-electron chi connectivity index (χ0n) is 10.4. The highest BCUT2D eigenvalue weighted by Gasteiger charge is 2.23. The molecule has 1 aliphatic heterocycles. The summed E-state index contributed by atoms with van der Waals surface area (Å²) < 4.78 is 2.13. The molecule has 0 saturated heterocycles. The van der Waals surface area contributed by atoms with Gasteiger partial charge < -0.3 is 11.1 Å². The third-order valence-electron chi connectivity index (χ3n) is 4.14. The Bertz CT molecular complexity index is 388. The first-order valence-electron chi connectivity index (χ1n) is 6.92. The zero-order valence-corrected chi connectivity index (χ0v) is 10.4. The van der Waals surface area contributed by atoms with Gasteiger partial charge in [-0.2, -0.15) is 5.10 Å². The van der Waals surface area contributed by atoms with Crippen LogP contribution < -0.4 is 11.1 Å². The second-order valence-electron chi connectivity index (χ2n) is 5.33. The van der Waals surface area contributed by atoms with E-state index in [2.05, 4.69) is 10.00 Å². The fraction of sp³-hybridized carbons (Fsp3) is 0.769. The fourth-order valence-corrected chi connectivity index (χ4v) is 3.12. The van der Waals surface area contributed by atoms with Crippen molar-refractivity contribution < 1.29 is 0 Å². The van der Waals surface area contributed by atoms with Crippen molar-refractivity contribution in [3.05, 3.63) is 11.3 Å². The number of anilines is 1. The average molecular weight is 234 g/mol. The molecule has 1 aromatic rings. The van der Waals surface area contributed by atoms with E-state index < -0.39 is 0 Å². The quantitative estimate of drug-likeness (QED) is 0.731. The van der Waals surface area contributed by atoms with Crippen LogP contribution in [-0.4, -0.2) is 16.3 Å². The summed E-state index contributed by atoms with van der Waals surface area (Å²) in [6.45, 7) is 1.93. The lowest BCUT2D eigenvalue weighted by Gasteiger charge is -2.16. The number of hydrogen-bond acceptors (Lipinski definition) is 3. The third kappa shape index (κ3) is 2.06. The minimum Gasteiger partial charge on any atom is -0.384 e. The molecule has 4 heteroatoms. The summed E-state index contributed by atoms with van der Waals surface area (Å²) in [6, 6.07) is 0.545. The number of nitrogens with zero attached hydrogens (tertiary/aromatic N) is 2. The van der Waals surface area contributed by atoms with Crippen molar-refractivity contribution in [2.45, 2.75) is 57.5 Å². The second-order valence-corrected chi connectivity index (χ2v) is 5.33. The molecule has 0 radical (unpaired) electrons. The van der Waals surface area contributed by atoms with Crippen LogP contribution >= 0.6 is 0 Å². The Morgan fingerprint density at radius 2 is 1.94 bits per heavy atom. The molecule has 2 aliphatic rings. The van der Waals surface area contributed by atoms with Gasteiger partial charge in [-0.3, -0.25) is 0 Å². The van der Waals surface area contributed by atoms with Crippen molar-refractivity contribution >= 4 is 5.82 Å². The number of hydrogen-bond donors (Lipinski definition) is 2. The molecule has 4 nitrogen and oxygen atoms in total. The molecule has 0 spiro atoms. The fourth-order valence-electron chi connectivity index (χ4n) is 3.12. The molecule has 2 heterocycles. The Morgan fingerprint density at radius 3 is 2.65 bits per heavy atom. The van der Waals surface area contributed by atoms with Gasteiger partial charge in [0.1, 0.15) is 5.82 Å². The summed E-state index contributed by atoms with van der Waals surface area (Å²) in [4.78, 5) is 0. The summed E-state index contributed by atoms with van der Waals surface area (Å²) in [6.07, 6.45) is 8.92. The number of rotatable bonds is 1. The Hall–Kier alpha value is -1.03. The van der Waals surface area contributed by atoms with Crippen LogP contribution in [0.5, 0.6) is 0 Å². The van der Waals surface area contributed by atoms with Crippen LogP contribution in [0.1, 0.15) is 55.8 Å². The molecule has 3 N–H and O–H groups in total. The molecule has 0 unspecified atom stereocenters. The summed E-state index contributed by atoms with van der Waals surface area (Å²) in [5.41, 5.74) is 8.74. The van der Waals surface area contributed by atoms with E-state index in [4.69, 9.17) is 10.8 Å². The minimum absolute atomic E-state index is 0.545.